The average molecular weight is 450 g/mol. The van der Waals surface area contributed by atoms with Crippen molar-refractivity contribution in [2.24, 2.45) is 0 Å². The third-order valence-corrected chi connectivity index (χ3v) is 7.34. The van der Waals surface area contributed by atoms with Crippen LogP contribution in [-0.2, 0) is 6.54 Å². The molecule has 0 atom stereocenters. The van der Waals surface area contributed by atoms with Crippen molar-refractivity contribution in [2.75, 3.05) is 23.7 Å². The van der Waals surface area contributed by atoms with Gasteiger partial charge in [-0.2, -0.15) is 0 Å². The molecule has 0 radical (unpaired) electrons. The molecule has 0 spiro atoms. The van der Waals surface area contributed by atoms with Gasteiger partial charge in [-0.3, -0.25) is 15.0 Å². The van der Waals surface area contributed by atoms with Gasteiger partial charge in [0.25, 0.3) is 5.91 Å². The second-order valence-corrected chi connectivity index (χ2v) is 9.76. The molecule has 1 amide bonds. The van der Waals surface area contributed by atoms with Crippen molar-refractivity contribution in [1.29, 1.82) is 0 Å². The monoisotopic (exact) mass is 449 g/mol. The summed E-state index contributed by atoms with van der Waals surface area (Å²) in [5, 5.41) is 17.1. The Kier molecular flexibility index (Phi) is 5.93. The van der Waals surface area contributed by atoms with Gasteiger partial charge in [-0.1, -0.05) is 59.9 Å². The van der Waals surface area contributed by atoms with Crippen LogP contribution in [0.3, 0.4) is 0 Å². The first-order valence-electron chi connectivity index (χ1n) is 10.4. The number of piperidine rings is 1. The minimum Gasteiger partial charge on any atom is -0.357 e. The number of nitrogens with zero attached hydrogens (tertiary/aromatic N) is 3. The Morgan fingerprint density at radius 1 is 0.968 bits per heavy atom. The van der Waals surface area contributed by atoms with Crippen LogP contribution in [-0.4, -0.2) is 40.1 Å². The van der Waals surface area contributed by atoms with Crippen LogP contribution in [0.2, 0.25) is 0 Å². The Morgan fingerprint density at radius 2 is 1.71 bits per heavy atom. The van der Waals surface area contributed by atoms with E-state index in [1.54, 1.807) is 0 Å². The van der Waals surface area contributed by atoms with E-state index in [9.17, 15) is 4.79 Å². The van der Waals surface area contributed by atoms with E-state index in [1.165, 1.54) is 28.2 Å². The number of rotatable bonds is 6. The maximum Gasteiger partial charge on any atom is 0.267 e. The maximum absolute atomic E-state index is 12.6. The van der Waals surface area contributed by atoms with E-state index < -0.39 is 0 Å². The topological polar surface area (TPSA) is 70.1 Å². The van der Waals surface area contributed by atoms with Gasteiger partial charge in [-0.25, -0.2) is 0 Å². The molecule has 0 aliphatic carbocycles. The van der Waals surface area contributed by atoms with Gasteiger partial charge in [0, 0.05) is 30.4 Å². The number of carbonyl (C=O) groups is 1. The highest BCUT2D eigenvalue weighted by atomic mass is 32.1. The summed E-state index contributed by atoms with van der Waals surface area (Å²) in [6, 6.07) is 20.9. The third kappa shape index (κ3) is 4.92. The smallest absolute Gasteiger partial charge is 0.267 e. The van der Waals surface area contributed by atoms with Gasteiger partial charge < -0.3 is 5.32 Å². The molecule has 8 heteroatoms. The van der Waals surface area contributed by atoms with Crippen molar-refractivity contribution >= 4 is 48.9 Å². The first-order valence-corrected chi connectivity index (χ1v) is 12.0. The molecule has 0 bridgehead atoms. The lowest BCUT2D eigenvalue weighted by Crippen LogP contribution is -2.38. The molecule has 1 aliphatic heterocycles. The Hall–Kier alpha value is -2.81. The molecular weight excluding hydrogens is 426 g/mol. The number of benzene rings is 2. The van der Waals surface area contributed by atoms with Gasteiger partial charge in [0.2, 0.25) is 10.3 Å². The lowest BCUT2D eigenvalue weighted by Gasteiger charge is -2.32. The van der Waals surface area contributed by atoms with E-state index in [1.807, 2.05) is 30.3 Å². The molecule has 0 saturated carbocycles. The summed E-state index contributed by atoms with van der Waals surface area (Å²) in [5.74, 6) is -0.141. The van der Waals surface area contributed by atoms with Gasteiger partial charge in [0.05, 0.1) is 4.88 Å². The summed E-state index contributed by atoms with van der Waals surface area (Å²) in [6.45, 7) is 3.11. The molecule has 3 heterocycles. The number of hydrogen-bond acceptors (Lipinski definition) is 7. The molecule has 6 nitrogen and oxygen atoms in total. The van der Waals surface area contributed by atoms with E-state index in [4.69, 9.17) is 0 Å². The minimum atomic E-state index is -0.141. The van der Waals surface area contributed by atoms with Gasteiger partial charge in [0.15, 0.2) is 0 Å². The highest BCUT2D eigenvalue weighted by Gasteiger charge is 2.21. The van der Waals surface area contributed by atoms with Crippen LogP contribution in [0.4, 0.5) is 10.3 Å². The zero-order chi connectivity index (χ0) is 21.0. The first-order chi connectivity index (χ1) is 15.2. The number of fused-ring (bicyclic) bond motifs is 1. The summed E-state index contributed by atoms with van der Waals surface area (Å²) in [4.78, 5) is 15.7. The van der Waals surface area contributed by atoms with Gasteiger partial charge >= 0.3 is 0 Å². The van der Waals surface area contributed by atoms with Crippen molar-refractivity contribution in [3.05, 3.63) is 71.1 Å². The van der Waals surface area contributed by atoms with Crippen molar-refractivity contribution in [2.45, 2.75) is 25.4 Å². The summed E-state index contributed by atoms with van der Waals surface area (Å²) in [6.07, 6.45) is 2.13. The Labute approximate surface area is 188 Å². The molecule has 158 valence electrons. The molecule has 4 aromatic rings. The molecule has 2 aromatic carbocycles. The fraction of sp³-hybridized carbons (Fsp3) is 0.261. The minimum absolute atomic E-state index is 0.141. The maximum atomic E-state index is 12.6. The van der Waals surface area contributed by atoms with Gasteiger partial charge in [-0.15, -0.1) is 21.5 Å². The van der Waals surface area contributed by atoms with Crippen LogP contribution in [0.15, 0.2) is 60.7 Å². The normalized spacial score (nSPS) is 15.2. The number of hydrogen-bond donors (Lipinski definition) is 2. The van der Waals surface area contributed by atoms with Gasteiger partial charge in [0.1, 0.15) is 0 Å². The summed E-state index contributed by atoms with van der Waals surface area (Å²) in [7, 11) is 0. The standard InChI is InChI=1S/C23H23N5OS2/c29-21(20-14-17-8-4-5-9-19(17)30-20)25-23-27-26-22(31-23)24-18-10-12-28(13-11-18)15-16-6-2-1-3-7-16/h1-9,14,18H,10-13,15H2,(H,24,26)(H,25,27,29). The van der Waals surface area contributed by atoms with E-state index in [0.29, 0.717) is 16.1 Å². The molecule has 5 rings (SSSR count). The number of amides is 1. The van der Waals surface area contributed by atoms with Crippen molar-refractivity contribution in [3.63, 3.8) is 0 Å². The number of thiophene rings is 1. The molecule has 31 heavy (non-hydrogen) atoms. The molecule has 2 N–H and O–H groups in total. The molecule has 1 fully saturated rings. The van der Waals surface area contributed by atoms with Crippen molar-refractivity contribution < 1.29 is 4.79 Å². The number of likely N-dealkylation sites (tertiary alicyclic amines) is 1. The quantitative estimate of drug-likeness (QED) is 0.429. The predicted molar refractivity (Wildman–Crippen MR) is 128 cm³/mol. The highest BCUT2D eigenvalue weighted by Crippen LogP contribution is 2.28. The second kappa shape index (κ2) is 9.13. The largest absolute Gasteiger partial charge is 0.357 e. The Morgan fingerprint density at radius 3 is 2.52 bits per heavy atom. The van der Waals surface area contributed by atoms with Crippen LogP contribution in [0.1, 0.15) is 28.1 Å². The van der Waals surface area contributed by atoms with Crippen molar-refractivity contribution in [3.8, 4) is 0 Å². The number of anilines is 2. The van der Waals surface area contributed by atoms with Crippen LogP contribution in [0, 0.1) is 0 Å². The van der Waals surface area contributed by atoms with Crippen LogP contribution < -0.4 is 10.6 Å². The van der Waals surface area contributed by atoms with Gasteiger partial charge in [-0.05, 0) is 35.9 Å². The lowest BCUT2D eigenvalue weighted by atomic mass is 10.0. The molecule has 2 aromatic heterocycles. The third-order valence-electron chi connectivity index (χ3n) is 5.46. The zero-order valence-corrected chi connectivity index (χ0v) is 18.6. The lowest BCUT2D eigenvalue weighted by molar-refractivity contribution is 0.103. The Bertz CT molecular complexity index is 1130. The zero-order valence-electron chi connectivity index (χ0n) is 17.0. The van der Waals surface area contributed by atoms with E-state index in [2.05, 4.69) is 56.1 Å². The van der Waals surface area contributed by atoms with E-state index in [0.717, 1.165) is 47.7 Å². The van der Waals surface area contributed by atoms with Crippen molar-refractivity contribution in [1.82, 2.24) is 15.1 Å². The number of nitrogens with one attached hydrogen (secondary N) is 2. The first kappa shape index (κ1) is 20.1. The summed E-state index contributed by atoms with van der Waals surface area (Å²) >= 11 is 2.87. The predicted octanol–water partition coefficient (Wildman–Crippen LogP) is 5.08. The second-order valence-electron chi connectivity index (χ2n) is 7.70. The van der Waals surface area contributed by atoms with E-state index in [-0.39, 0.29) is 5.91 Å². The fourth-order valence-electron chi connectivity index (χ4n) is 3.84. The SMILES string of the molecule is O=C(Nc1nnc(NC2CCN(Cc3ccccc3)CC2)s1)c1cc2ccccc2s1. The number of aromatic nitrogens is 2. The van der Waals surface area contributed by atoms with Crippen LogP contribution in [0.25, 0.3) is 10.1 Å². The van der Waals surface area contributed by atoms with Crippen LogP contribution >= 0.6 is 22.7 Å². The average Bonchev–Trinajstić information content (AvgIpc) is 3.42. The molecule has 0 unspecified atom stereocenters. The fourth-order valence-corrected chi connectivity index (χ4v) is 5.51. The van der Waals surface area contributed by atoms with Crippen LogP contribution in [0.5, 0.6) is 0 Å². The molecule has 1 aliphatic rings. The highest BCUT2D eigenvalue weighted by molar-refractivity contribution is 7.21. The molecular formula is C23H23N5OS2. The molecule has 1 saturated heterocycles. The summed E-state index contributed by atoms with van der Waals surface area (Å²) < 4.78 is 1.10. The van der Waals surface area contributed by atoms with E-state index >= 15 is 0 Å². The number of carbonyl (C=O) groups excluding carboxylic acids is 1. The summed E-state index contributed by atoms with van der Waals surface area (Å²) in [5.41, 5.74) is 1.36. The Balaban J connectivity index is 1.13.